The number of ether oxygens (including phenoxy) is 1. The van der Waals surface area contributed by atoms with Gasteiger partial charge in [0.1, 0.15) is 5.69 Å². The first kappa shape index (κ1) is 12.0. The average Bonchev–Trinajstić information content (AvgIpc) is 2.79. The molecule has 0 saturated heterocycles. The average molecular weight is 246 g/mol. The molecule has 0 saturated carbocycles. The van der Waals surface area contributed by atoms with Crippen LogP contribution in [0.3, 0.4) is 0 Å². The van der Waals surface area contributed by atoms with Crippen molar-refractivity contribution in [2.24, 2.45) is 0 Å². The Kier molecular flexibility index (Phi) is 3.47. The lowest BCUT2D eigenvalue weighted by Gasteiger charge is -2.05. The van der Waals surface area contributed by atoms with Crippen LogP contribution >= 0.6 is 0 Å². The van der Waals surface area contributed by atoms with Gasteiger partial charge in [-0.2, -0.15) is 0 Å². The van der Waals surface area contributed by atoms with E-state index in [2.05, 4.69) is 15.3 Å². The number of carbonyl (C=O) groups excluding carboxylic acids is 1. The van der Waals surface area contributed by atoms with Crippen molar-refractivity contribution in [2.45, 2.75) is 6.92 Å². The third-order valence-corrected chi connectivity index (χ3v) is 2.24. The van der Waals surface area contributed by atoms with Crippen molar-refractivity contribution in [2.75, 3.05) is 17.7 Å². The number of rotatable bonds is 4. The first-order valence-electron chi connectivity index (χ1n) is 5.53. The Labute approximate surface area is 104 Å². The number of carbonyl (C=O) groups is 1. The number of pyridine rings is 1. The molecular formula is C12H14N4O2. The molecule has 4 N–H and O–H groups in total. The maximum absolute atomic E-state index is 11.8. The number of aromatic amines is 1. The first-order chi connectivity index (χ1) is 8.69. The van der Waals surface area contributed by atoms with Gasteiger partial charge in [0.15, 0.2) is 0 Å². The third kappa shape index (κ3) is 2.79. The van der Waals surface area contributed by atoms with E-state index in [1.807, 2.05) is 6.92 Å². The van der Waals surface area contributed by atoms with Gasteiger partial charge in [0.2, 0.25) is 5.88 Å². The maximum Gasteiger partial charge on any atom is 0.272 e. The summed E-state index contributed by atoms with van der Waals surface area (Å²) in [5.41, 5.74) is 7.04. The topological polar surface area (TPSA) is 93.0 Å². The summed E-state index contributed by atoms with van der Waals surface area (Å²) >= 11 is 0. The number of nitrogens with zero attached hydrogens (tertiary/aromatic N) is 1. The van der Waals surface area contributed by atoms with Crippen LogP contribution in [-0.2, 0) is 0 Å². The number of nitrogens with two attached hydrogens (primary N) is 1. The summed E-state index contributed by atoms with van der Waals surface area (Å²) in [5.74, 6) is 0.261. The van der Waals surface area contributed by atoms with Gasteiger partial charge in [0.05, 0.1) is 18.5 Å². The lowest BCUT2D eigenvalue weighted by molar-refractivity contribution is 0.102. The Bertz CT molecular complexity index is 533. The molecule has 2 heterocycles. The number of nitrogens with one attached hydrogen (secondary N) is 2. The fraction of sp³-hybridized carbons (Fsp3) is 0.167. The molecule has 0 unspecified atom stereocenters. The number of H-pyrrole nitrogens is 1. The van der Waals surface area contributed by atoms with E-state index in [1.165, 1.54) is 6.20 Å². The molecule has 0 aliphatic carbocycles. The SMILES string of the molecule is CCOc1ccc(NC(=O)c2cc(N)c[nH]2)cn1. The maximum atomic E-state index is 11.8. The first-order valence-corrected chi connectivity index (χ1v) is 5.53. The highest BCUT2D eigenvalue weighted by Gasteiger charge is 2.08. The lowest BCUT2D eigenvalue weighted by atomic mass is 10.3. The minimum absolute atomic E-state index is 0.266. The van der Waals surface area contributed by atoms with Crippen molar-refractivity contribution in [1.29, 1.82) is 0 Å². The van der Waals surface area contributed by atoms with E-state index >= 15 is 0 Å². The van der Waals surface area contributed by atoms with Gasteiger partial charge in [-0.25, -0.2) is 4.98 Å². The predicted molar refractivity (Wildman–Crippen MR) is 68.6 cm³/mol. The van der Waals surface area contributed by atoms with Crippen LogP contribution in [0.5, 0.6) is 5.88 Å². The summed E-state index contributed by atoms with van der Waals surface area (Å²) in [5, 5.41) is 2.70. The molecule has 2 aromatic heterocycles. The van der Waals surface area contributed by atoms with E-state index in [9.17, 15) is 4.79 Å². The summed E-state index contributed by atoms with van der Waals surface area (Å²) in [7, 11) is 0. The summed E-state index contributed by atoms with van der Waals surface area (Å²) in [6.45, 7) is 2.44. The third-order valence-electron chi connectivity index (χ3n) is 2.24. The Hall–Kier alpha value is -2.50. The quantitative estimate of drug-likeness (QED) is 0.764. The van der Waals surface area contributed by atoms with Crippen LogP contribution in [0.25, 0.3) is 0 Å². The van der Waals surface area contributed by atoms with Gasteiger partial charge >= 0.3 is 0 Å². The molecule has 0 atom stereocenters. The largest absolute Gasteiger partial charge is 0.478 e. The summed E-state index contributed by atoms with van der Waals surface area (Å²) in [6.07, 6.45) is 3.10. The highest BCUT2D eigenvalue weighted by atomic mass is 16.5. The fourth-order valence-corrected chi connectivity index (χ4v) is 1.43. The molecule has 6 nitrogen and oxygen atoms in total. The van der Waals surface area contributed by atoms with Crippen LogP contribution in [0.4, 0.5) is 11.4 Å². The minimum atomic E-state index is -0.266. The zero-order chi connectivity index (χ0) is 13.0. The van der Waals surface area contributed by atoms with Crippen molar-refractivity contribution in [1.82, 2.24) is 9.97 Å². The second kappa shape index (κ2) is 5.22. The van der Waals surface area contributed by atoms with Gasteiger partial charge in [-0.3, -0.25) is 4.79 Å². The molecule has 0 aromatic carbocycles. The molecule has 0 spiro atoms. The molecule has 0 radical (unpaired) electrons. The molecule has 2 aromatic rings. The van der Waals surface area contributed by atoms with Gasteiger partial charge < -0.3 is 20.8 Å². The predicted octanol–water partition coefficient (Wildman–Crippen LogP) is 1.64. The fourth-order valence-electron chi connectivity index (χ4n) is 1.43. The molecule has 0 bridgehead atoms. The lowest BCUT2D eigenvalue weighted by Crippen LogP contribution is -2.12. The highest BCUT2D eigenvalue weighted by molar-refractivity contribution is 6.03. The Balaban J connectivity index is 2.03. The molecule has 1 amide bonds. The number of anilines is 2. The van der Waals surface area contributed by atoms with Crippen molar-refractivity contribution in [3.63, 3.8) is 0 Å². The minimum Gasteiger partial charge on any atom is -0.478 e. The summed E-state index contributed by atoms with van der Waals surface area (Å²) in [6, 6.07) is 4.99. The van der Waals surface area contributed by atoms with Crippen molar-refractivity contribution < 1.29 is 9.53 Å². The standard InChI is InChI=1S/C12H14N4O2/c1-2-18-11-4-3-9(7-15-11)16-12(17)10-5-8(13)6-14-10/h3-7,14H,2,13H2,1H3,(H,16,17). The molecule has 2 rings (SSSR count). The molecule has 94 valence electrons. The monoisotopic (exact) mass is 246 g/mol. The van der Waals surface area contributed by atoms with Crippen LogP contribution in [-0.4, -0.2) is 22.5 Å². The molecular weight excluding hydrogens is 232 g/mol. The van der Waals surface area contributed by atoms with E-state index in [1.54, 1.807) is 24.4 Å². The van der Waals surface area contributed by atoms with Gasteiger partial charge in [0, 0.05) is 18.0 Å². The molecule has 6 heteroatoms. The van der Waals surface area contributed by atoms with Gasteiger partial charge in [-0.1, -0.05) is 0 Å². The Morgan fingerprint density at radius 1 is 1.56 bits per heavy atom. The molecule has 18 heavy (non-hydrogen) atoms. The number of aromatic nitrogens is 2. The van der Waals surface area contributed by atoms with Gasteiger partial charge in [0.25, 0.3) is 5.91 Å². The van der Waals surface area contributed by atoms with E-state index in [4.69, 9.17) is 10.5 Å². The highest BCUT2D eigenvalue weighted by Crippen LogP contribution is 2.13. The normalized spacial score (nSPS) is 10.1. The van der Waals surface area contributed by atoms with Crippen LogP contribution in [0.15, 0.2) is 30.6 Å². The number of nitrogen functional groups attached to an aromatic ring is 1. The molecule has 0 aliphatic rings. The zero-order valence-corrected chi connectivity index (χ0v) is 9.93. The Morgan fingerprint density at radius 3 is 2.94 bits per heavy atom. The van der Waals surface area contributed by atoms with Crippen molar-refractivity contribution >= 4 is 17.3 Å². The molecule has 0 fully saturated rings. The van der Waals surface area contributed by atoms with E-state index in [-0.39, 0.29) is 5.91 Å². The van der Waals surface area contributed by atoms with Crippen LogP contribution in [0, 0.1) is 0 Å². The zero-order valence-electron chi connectivity index (χ0n) is 9.93. The van der Waals surface area contributed by atoms with Crippen LogP contribution < -0.4 is 15.8 Å². The number of hydrogen-bond acceptors (Lipinski definition) is 4. The smallest absolute Gasteiger partial charge is 0.272 e. The van der Waals surface area contributed by atoms with E-state index < -0.39 is 0 Å². The van der Waals surface area contributed by atoms with Crippen LogP contribution in [0.2, 0.25) is 0 Å². The van der Waals surface area contributed by atoms with E-state index in [0.29, 0.717) is 29.6 Å². The molecule has 0 aliphatic heterocycles. The number of hydrogen-bond donors (Lipinski definition) is 3. The van der Waals surface area contributed by atoms with Gasteiger partial charge in [-0.05, 0) is 19.1 Å². The second-order valence-corrected chi connectivity index (χ2v) is 3.62. The Morgan fingerprint density at radius 2 is 2.39 bits per heavy atom. The second-order valence-electron chi connectivity index (χ2n) is 3.62. The summed E-state index contributed by atoms with van der Waals surface area (Å²) in [4.78, 5) is 18.6. The van der Waals surface area contributed by atoms with Crippen LogP contribution in [0.1, 0.15) is 17.4 Å². The van der Waals surface area contributed by atoms with Crippen molar-refractivity contribution in [3.8, 4) is 5.88 Å². The summed E-state index contributed by atoms with van der Waals surface area (Å²) < 4.78 is 5.21. The van der Waals surface area contributed by atoms with Crippen molar-refractivity contribution in [3.05, 3.63) is 36.3 Å². The number of amides is 1. The van der Waals surface area contributed by atoms with E-state index in [0.717, 1.165) is 0 Å². The van der Waals surface area contributed by atoms with Gasteiger partial charge in [-0.15, -0.1) is 0 Å².